The van der Waals surface area contributed by atoms with Crippen LogP contribution in [0.1, 0.15) is 18.9 Å². The zero-order valence-corrected chi connectivity index (χ0v) is 11.5. The summed E-state index contributed by atoms with van der Waals surface area (Å²) in [4.78, 5) is 6.01. The molecule has 1 aromatic heterocycles. The van der Waals surface area contributed by atoms with Crippen molar-refractivity contribution in [1.82, 2.24) is 4.98 Å². The lowest BCUT2D eigenvalue weighted by molar-refractivity contribution is -0.137. The monoisotopic (exact) mass is 322 g/mol. The number of nitrogens with zero attached hydrogens (tertiary/aromatic N) is 2. The second-order valence-corrected chi connectivity index (χ2v) is 5.23. The predicted molar refractivity (Wildman–Crippen MR) is 67.9 cm³/mol. The lowest BCUT2D eigenvalue weighted by Crippen LogP contribution is -2.34. The van der Waals surface area contributed by atoms with E-state index in [4.69, 9.17) is 0 Å². The van der Waals surface area contributed by atoms with Crippen molar-refractivity contribution in [3.05, 3.63) is 23.9 Å². The molecule has 0 spiro atoms. The Morgan fingerprint density at radius 1 is 1.44 bits per heavy atom. The van der Waals surface area contributed by atoms with Gasteiger partial charge in [-0.25, -0.2) is 4.98 Å². The highest BCUT2D eigenvalue weighted by molar-refractivity contribution is 9.09. The van der Waals surface area contributed by atoms with E-state index in [1.54, 1.807) is 0 Å². The molecule has 0 aliphatic carbocycles. The van der Waals surface area contributed by atoms with Crippen molar-refractivity contribution in [3.8, 4) is 0 Å². The molecule has 1 fully saturated rings. The van der Waals surface area contributed by atoms with Crippen LogP contribution in [0.5, 0.6) is 0 Å². The van der Waals surface area contributed by atoms with E-state index in [9.17, 15) is 13.2 Å². The van der Waals surface area contributed by atoms with E-state index < -0.39 is 11.7 Å². The van der Waals surface area contributed by atoms with Gasteiger partial charge in [0, 0.05) is 24.1 Å². The molecule has 2 unspecified atom stereocenters. The average Bonchev–Trinajstić information content (AvgIpc) is 2.69. The Kier molecular flexibility index (Phi) is 3.84. The minimum atomic E-state index is -4.32. The third-order valence-electron chi connectivity index (χ3n) is 3.41. The van der Waals surface area contributed by atoms with Gasteiger partial charge in [0.05, 0.1) is 5.56 Å². The number of anilines is 1. The molecule has 1 aromatic rings. The molecule has 0 amide bonds. The van der Waals surface area contributed by atoms with Gasteiger partial charge in [0.15, 0.2) is 0 Å². The predicted octanol–water partition coefficient (Wildman–Crippen LogP) is 3.71. The molecule has 0 saturated carbocycles. The van der Waals surface area contributed by atoms with Crippen LogP contribution in [0.15, 0.2) is 18.3 Å². The van der Waals surface area contributed by atoms with E-state index in [1.807, 2.05) is 0 Å². The van der Waals surface area contributed by atoms with Crippen LogP contribution in [0.2, 0.25) is 0 Å². The number of alkyl halides is 4. The summed E-state index contributed by atoms with van der Waals surface area (Å²) in [6.07, 6.45) is -2.37. The van der Waals surface area contributed by atoms with E-state index in [0.717, 1.165) is 30.6 Å². The number of halogens is 4. The largest absolute Gasteiger partial charge is 0.417 e. The third-order valence-corrected chi connectivity index (χ3v) is 4.07. The van der Waals surface area contributed by atoms with Gasteiger partial charge in [0.25, 0.3) is 0 Å². The summed E-state index contributed by atoms with van der Waals surface area (Å²) in [5, 5.41) is 0.802. The Labute approximate surface area is 112 Å². The van der Waals surface area contributed by atoms with Crippen LogP contribution in [-0.4, -0.2) is 22.9 Å². The van der Waals surface area contributed by atoms with Crippen molar-refractivity contribution in [2.24, 2.45) is 5.92 Å². The molecule has 2 atom stereocenters. The fourth-order valence-electron chi connectivity index (χ4n) is 2.25. The van der Waals surface area contributed by atoms with E-state index in [2.05, 4.69) is 32.7 Å². The number of rotatable bonds is 2. The molecule has 0 N–H and O–H groups in total. The summed E-state index contributed by atoms with van der Waals surface area (Å²) in [6, 6.07) is 2.85. The van der Waals surface area contributed by atoms with Crippen LogP contribution in [0.3, 0.4) is 0 Å². The normalized spacial score (nSPS) is 24.6. The van der Waals surface area contributed by atoms with E-state index in [-0.39, 0.29) is 0 Å². The molecule has 1 aliphatic heterocycles. The quantitative estimate of drug-likeness (QED) is 0.772. The van der Waals surface area contributed by atoms with Crippen molar-refractivity contribution in [1.29, 1.82) is 0 Å². The Morgan fingerprint density at radius 2 is 2.17 bits per heavy atom. The fourth-order valence-corrected chi connectivity index (χ4v) is 3.24. The van der Waals surface area contributed by atoms with Crippen LogP contribution in [0.4, 0.5) is 19.0 Å². The number of pyridine rings is 1. The molecular weight excluding hydrogens is 309 g/mol. The molecule has 18 heavy (non-hydrogen) atoms. The van der Waals surface area contributed by atoms with E-state index >= 15 is 0 Å². The lowest BCUT2D eigenvalue weighted by atomic mass is 10.1. The Bertz CT molecular complexity index is 405. The molecule has 0 radical (unpaired) electrons. The van der Waals surface area contributed by atoms with Gasteiger partial charge in [-0.05, 0) is 24.5 Å². The highest BCUT2D eigenvalue weighted by atomic mass is 79.9. The van der Waals surface area contributed by atoms with Crippen LogP contribution < -0.4 is 4.90 Å². The van der Waals surface area contributed by atoms with Crippen molar-refractivity contribution in [2.45, 2.75) is 25.6 Å². The highest BCUT2D eigenvalue weighted by Gasteiger charge is 2.33. The van der Waals surface area contributed by atoms with Crippen molar-refractivity contribution >= 4 is 21.7 Å². The molecule has 2 rings (SSSR count). The van der Waals surface area contributed by atoms with Crippen molar-refractivity contribution < 1.29 is 13.2 Å². The van der Waals surface area contributed by atoms with Crippen molar-refractivity contribution in [2.75, 3.05) is 16.8 Å². The standard InChI is InChI=1S/C12H14BrF3N2/c1-8-4-5-18(10(8)6-13)11-3-2-9(7-17-11)12(14,15)16/h2-3,7-8,10H,4-6H2,1H3. The molecule has 0 aromatic carbocycles. The summed E-state index contributed by atoms with van der Waals surface area (Å²) in [7, 11) is 0. The molecule has 6 heteroatoms. The first kappa shape index (κ1) is 13.6. The number of hydrogen-bond acceptors (Lipinski definition) is 2. The van der Waals surface area contributed by atoms with Gasteiger partial charge in [-0.2, -0.15) is 13.2 Å². The highest BCUT2D eigenvalue weighted by Crippen LogP contribution is 2.32. The first-order chi connectivity index (χ1) is 8.43. The van der Waals surface area contributed by atoms with Gasteiger partial charge in [0.1, 0.15) is 5.82 Å². The van der Waals surface area contributed by atoms with Gasteiger partial charge in [0.2, 0.25) is 0 Å². The smallest absolute Gasteiger partial charge is 0.353 e. The maximum Gasteiger partial charge on any atom is 0.417 e. The second kappa shape index (κ2) is 5.07. The van der Waals surface area contributed by atoms with Crippen LogP contribution in [0.25, 0.3) is 0 Å². The van der Waals surface area contributed by atoms with Gasteiger partial charge in [-0.1, -0.05) is 22.9 Å². The molecule has 2 nitrogen and oxygen atoms in total. The van der Waals surface area contributed by atoms with Gasteiger partial charge in [-0.3, -0.25) is 0 Å². The summed E-state index contributed by atoms with van der Waals surface area (Å²) in [5.74, 6) is 1.14. The maximum atomic E-state index is 12.4. The molecule has 1 aliphatic rings. The first-order valence-electron chi connectivity index (χ1n) is 5.79. The Hall–Kier alpha value is -0.780. The Balaban J connectivity index is 2.20. The first-order valence-corrected chi connectivity index (χ1v) is 6.91. The maximum absolute atomic E-state index is 12.4. The van der Waals surface area contributed by atoms with Crippen LogP contribution in [-0.2, 0) is 6.18 Å². The summed E-state index contributed by atoms with van der Waals surface area (Å²) < 4.78 is 37.3. The average molecular weight is 323 g/mol. The Morgan fingerprint density at radius 3 is 2.67 bits per heavy atom. The SMILES string of the molecule is CC1CCN(c2ccc(C(F)(F)F)cn2)C1CBr. The van der Waals surface area contributed by atoms with Crippen LogP contribution >= 0.6 is 15.9 Å². The fraction of sp³-hybridized carbons (Fsp3) is 0.583. The van der Waals surface area contributed by atoms with E-state index in [0.29, 0.717) is 17.8 Å². The van der Waals surface area contributed by atoms with E-state index in [1.165, 1.54) is 6.07 Å². The minimum absolute atomic E-state index is 0.300. The minimum Gasteiger partial charge on any atom is -0.353 e. The summed E-state index contributed by atoms with van der Waals surface area (Å²) in [6.45, 7) is 2.99. The molecular formula is C12H14BrF3N2. The number of hydrogen-bond donors (Lipinski definition) is 0. The van der Waals surface area contributed by atoms with Gasteiger partial charge >= 0.3 is 6.18 Å². The summed E-state index contributed by atoms with van der Waals surface area (Å²) >= 11 is 3.45. The van der Waals surface area contributed by atoms with Gasteiger partial charge in [-0.15, -0.1) is 0 Å². The topological polar surface area (TPSA) is 16.1 Å². The van der Waals surface area contributed by atoms with Gasteiger partial charge < -0.3 is 4.90 Å². The number of aromatic nitrogens is 1. The molecule has 0 bridgehead atoms. The molecule has 2 heterocycles. The third kappa shape index (κ3) is 2.63. The lowest BCUT2D eigenvalue weighted by Gasteiger charge is -2.26. The zero-order chi connectivity index (χ0) is 13.3. The van der Waals surface area contributed by atoms with Crippen molar-refractivity contribution in [3.63, 3.8) is 0 Å². The molecule has 100 valence electrons. The molecule has 1 saturated heterocycles. The second-order valence-electron chi connectivity index (χ2n) is 4.58. The summed E-state index contributed by atoms with van der Waals surface area (Å²) in [5.41, 5.74) is -0.700. The van der Waals surface area contributed by atoms with Crippen LogP contribution in [0, 0.1) is 5.92 Å². The zero-order valence-electron chi connectivity index (χ0n) is 9.91.